The smallest absolute Gasteiger partial charge is 0.271 e. The van der Waals surface area contributed by atoms with Crippen LogP contribution in [0.25, 0.3) is 15.9 Å². The molecule has 3 heterocycles. The van der Waals surface area contributed by atoms with Gasteiger partial charge in [0.05, 0.1) is 22.5 Å². The number of carbonyl (C=O) groups is 1. The third-order valence-electron chi connectivity index (χ3n) is 5.13. The first-order chi connectivity index (χ1) is 15.3. The lowest BCUT2D eigenvalue weighted by Crippen LogP contribution is -2.21. The molecular formula is C22H18FN5O2S2. The highest BCUT2D eigenvalue weighted by molar-refractivity contribution is 7.99. The molecule has 4 aromatic rings. The summed E-state index contributed by atoms with van der Waals surface area (Å²) in [4.78, 5) is 29.7. The van der Waals surface area contributed by atoms with Gasteiger partial charge in [-0.2, -0.15) is 5.26 Å². The maximum absolute atomic E-state index is 13.8. The third-order valence-corrected chi connectivity index (χ3v) is 7.05. The summed E-state index contributed by atoms with van der Waals surface area (Å²) in [6.45, 7) is 3.59. The second kappa shape index (κ2) is 8.61. The van der Waals surface area contributed by atoms with Crippen LogP contribution in [-0.2, 0) is 11.8 Å². The molecule has 0 aliphatic heterocycles. The van der Waals surface area contributed by atoms with E-state index < -0.39 is 5.82 Å². The number of fused-ring (bicyclic) bond motifs is 1. The van der Waals surface area contributed by atoms with Crippen molar-refractivity contribution in [2.24, 2.45) is 7.05 Å². The van der Waals surface area contributed by atoms with Crippen LogP contribution in [0.5, 0.6) is 0 Å². The summed E-state index contributed by atoms with van der Waals surface area (Å²) in [5.74, 6) is -0.529. The van der Waals surface area contributed by atoms with Gasteiger partial charge < -0.3 is 5.32 Å². The van der Waals surface area contributed by atoms with Gasteiger partial charge in [-0.3, -0.25) is 18.7 Å². The minimum atomic E-state index is -0.421. The predicted molar refractivity (Wildman–Crippen MR) is 124 cm³/mol. The Labute approximate surface area is 191 Å². The number of thioether (sulfide) groups is 1. The molecule has 0 radical (unpaired) electrons. The van der Waals surface area contributed by atoms with Crippen molar-refractivity contribution >= 4 is 45.0 Å². The van der Waals surface area contributed by atoms with Crippen LogP contribution in [0.3, 0.4) is 0 Å². The van der Waals surface area contributed by atoms with Crippen LogP contribution in [0.1, 0.15) is 16.8 Å². The number of benzene rings is 1. The van der Waals surface area contributed by atoms with Gasteiger partial charge in [-0.05, 0) is 49.1 Å². The van der Waals surface area contributed by atoms with Crippen molar-refractivity contribution in [1.29, 1.82) is 5.26 Å². The Morgan fingerprint density at radius 3 is 2.84 bits per heavy atom. The first-order valence-corrected chi connectivity index (χ1v) is 11.4. The molecule has 1 aromatic carbocycles. The van der Waals surface area contributed by atoms with Crippen molar-refractivity contribution in [2.75, 3.05) is 11.1 Å². The van der Waals surface area contributed by atoms with Crippen LogP contribution in [0.2, 0.25) is 0 Å². The molecule has 162 valence electrons. The number of aromatic nitrogens is 3. The Balaban J connectivity index is 1.63. The molecule has 3 aromatic heterocycles. The fraction of sp³-hybridized carbons (Fsp3) is 0.182. The fourth-order valence-corrected chi connectivity index (χ4v) is 4.97. The maximum atomic E-state index is 13.8. The standard InChI is InChI=1S/C22H18FN5O2S2/c1-12-13(2)28(15-6-4-5-14(23)9-15)20(16(12)10-24)26-18(29)11-32-22-25-17-7-8-31-19(17)21(30)27(22)3/h4-9H,11H2,1-3H3,(H,26,29). The Kier molecular flexibility index (Phi) is 5.86. The van der Waals surface area contributed by atoms with Gasteiger partial charge >= 0.3 is 0 Å². The van der Waals surface area contributed by atoms with Crippen LogP contribution >= 0.6 is 23.1 Å². The van der Waals surface area contributed by atoms with Crippen LogP contribution in [-0.4, -0.2) is 25.8 Å². The number of nitrogens with one attached hydrogen (secondary N) is 1. The molecule has 0 atom stereocenters. The van der Waals surface area contributed by atoms with E-state index in [2.05, 4.69) is 16.4 Å². The fourth-order valence-electron chi connectivity index (χ4n) is 3.39. The van der Waals surface area contributed by atoms with Gasteiger partial charge in [0, 0.05) is 12.7 Å². The summed E-state index contributed by atoms with van der Waals surface area (Å²) in [6, 6.07) is 9.84. The number of nitrogens with zero attached hydrogens (tertiary/aromatic N) is 4. The largest absolute Gasteiger partial charge is 0.310 e. The predicted octanol–water partition coefficient (Wildman–Crippen LogP) is 4.14. The van der Waals surface area contributed by atoms with Gasteiger partial charge in [0.2, 0.25) is 5.91 Å². The zero-order chi connectivity index (χ0) is 23.0. The third kappa shape index (κ3) is 3.81. The molecule has 0 spiro atoms. The Bertz CT molecular complexity index is 1460. The lowest BCUT2D eigenvalue weighted by Gasteiger charge is -2.13. The Morgan fingerprint density at radius 1 is 1.34 bits per heavy atom. The zero-order valence-electron chi connectivity index (χ0n) is 17.5. The van der Waals surface area contributed by atoms with Crippen LogP contribution in [0.4, 0.5) is 10.2 Å². The van der Waals surface area contributed by atoms with Gasteiger partial charge in [0.1, 0.15) is 22.4 Å². The van der Waals surface area contributed by atoms with Crippen molar-refractivity contribution < 1.29 is 9.18 Å². The van der Waals surface area contributed by atoms with E-state index in [0.29, 0.717) is 32.2 Å². The topological polar surface area (TPSA) is 92.7 Å². The Hall–Kier alpha value is -3.42. The SMILES string of the molecule is Cc1c(C#N)c(NC(=O)CSc2nc3ccsc3c(=O)n2C)n(-c2cccc(F)c2)c1C. The van der Waals surface area contributed by atoms with Crippen molar-refractivity contribution in [2.45, 2.75) is 19.0 Å². The number of rotatable bonds is 5. The highest BCUT2D eigenvalue weighted by atomic mass is 32.2. The van der Waals surface area contributed by atoms with E-state index in [9.17, 15) is 19.2 Å². The number of anilines is 1. The summed E-state index contributed by atoms with van der Waals surface area (Å²) in [7, 11) is 1.62. The monoisotopic (exact) mass is 467 g/mol. The molecular weight excluding hydrogens is 449 g/mol. The van der Waals surface area contributed by atoms with E-state index in [-0.39, 0.29) is 23.0 Å². The number of amides is 1. The normalized spacial score (nSPS) is 11.0. The summed E-state index contributed by atoms with van der Waals surface area (Å²) < 4.78 is 17.5. The number of hydrogen-bond donors (Lipinski definition) is 1. The van der Waals surface area contributed by atoms with E-state index in [1.807, 2.05) is 0 Å². The van der Waals surface area contributed by atoms with Crippen molar-refractivity contribution in [1.82, 2.24) is 14.1 Å². The number of thiophene rings is 1. The number of halogens is 1. The van der Waals surface area contributed by atoms with E-state index in [4.69, 9.17) is 0 Å². The van der Waals surface area contributed by atoms with Gasteiger partial charge in [0.15, 0.2) is 5.16 Å². The summed E-state index contributed by atoms with van der Waals surface area (Å²) in [6.07, 6.45) is 0. The number of nitriles is 1. The molecule has 0 aliphatic carbocycles. The highest BCUT2D eigenvalue weighted by Crippen LogP contribution is 2.30. The van der Waals surface area contributed by atoms with Crippen LogP contribution in [0, 0.1) is 31.0 Å². The van der Waals surface area contributed by atoms with Gasteiger partial charge in [-0.15, -0.1) is 11.3 Å². The molecule has 0 unspecified atom stereocenters. The minimum Gasteiger partial charge on any atom is -0.310 e. The summed E-state index contributed by atoms with van der Waals surface area (Å²) in [5, 5.41) is 14.7. The highest BCUT2D eigenvalue weighted by Gasteiger charge is 2.21. The van der Waals surface area contributed by atoms with Crippen LogP contribution < -0.4 is 10.9 Å². The average molecular weight is 468 g/mol. The molecule has 0 bridgehead atoms. The van der Waals surface area contributed by atoms with E-state index in [1.54, 1.807) is 49.0 Å². The quantitative estimate of drug-likeness (QED) is 0.352. The summed E-state index contributed by atoms with van der Waals surface area (Å²) >= 11 is 2.45. The molecule has 0 saturated carbocycles. The van der Waals surface area contributed by atoms with Crippen molar-refractivity contribution in [3.63, 3.8) is 0 Å². The molecule has 4 rings (SSSR count). The molecule has 1 amide bonds. The van der Waals surface area contributed by atoms with Crippen molar-refractivity contribution in [3.8, 4) is 11.8 Å². The van der Waals surface area contributed by atoms with E-state index >= 15 is 0 Å². The van der Waals surface area contributed by atoms with Gasteiger partial charge in [-0.25, -0.2) is 9.37 Å². The average Bonchev–Trinajstić information content (AvgIpc) is 3.32. The number of carbonyl (C=O) groups excluding carboxylic acids is 1. The second-order valence-corrected chi connectivity index (χ2v) is 8.95. The second-order valence-electron chi connectivity index (χ2n) is 7.09. The molecule has 10 heteroatoms. The number of hydrogen-bond acceptors (Lipinski definition) is 6. The Morgan fingerprint density at radius 2 is 2.12 bits per heavy atom. The molecule has 1 N–H and O–H groups in total. The van der Waals surface area contributed by atoms with Gasteiger partial charge in [-0.1, -0.05) is 17.8 Å². The van der Waals surface area contributed by atoms with Gasteiger partial charge in [0.25, 0.3) is 5.56 Å². The molecule has 7 nitrogen and oxygen atoms in total. The minimum absolute atomic E-state index is 0.0206. The first kappa shape index (κ1) is 21.8. The van der Waals surface area contributed by atoms with Crippen molar-refractivity contribution in [3.05, 3.63) is 68.7 Å². The molecule has 32 heavy (non-hydrogen) atoms. The first-order valence-electron chi connectivity index (χ1n) is 9.56. The maximum Gasteiger partial charge on any atom is 0.271 e. The molecule has 0 fully saturated rings. The molecule has 0 aliphatic rings. The summed E-state index contributed by atoms with van der Waals surface area (Å²) in [5.41, 5.74) is 2.68. The molecule has 0 saturated heterocycles. The van der Waals surface area contributed by atoms with E-state index in [1.165, 1.54) is 28.0 Å². The van der Waals surface area contributed by atoms with Crippen LogP contribution in [0.15, 0.2) is 45.7 Å². The lowest BCUT2D eigenvalue weighted by atomic mass is 10.2. The zero-order valence-corrected chi connectivity index (χ0v) is 19.1. The lowest BCUT2D eigenvalue weighted by molar-refractivity contribution is -0.113. The van der Waals surface area contributed by atoms with E-state index in [0.717, 1.165) is 17.5 Å².